The zero-order valence-corrected chi connectivity index (χ0v) is 13.2. The number of rotatable bonds is 4. The molecule has 2 fully saturated rings. The molecular weight excluding hydrogens is 260 g/mol. The molecule has 1 unspecified atom stereocenters. The largest absolute Gasteiger partial charge is 0.367 e. The third-order valence-electron chi connectivity index (χ3n) is 6.22. The van der Waals surface area contributed by atoms with Gasteiger partial charge in [0, 0.05) is 6.42 Å². The van der Waals surface area contributed by atoms with Crippen molar-refractivity contribution in [2.75, 3.05) is 0 Å². The molecule has 114 valence electrons. The smallest absolute Gasteiger partial charge is 0.0950 e. The van der Waals surface area contributed by atoms with E-state index in [9.17, 15) is 0 Å². The lowest BCUT2D eigenvalue weighted by Gasteiger charge is -2.34. The van der Waals surface area contributed by atoms with Crippen LogP contribution in [0.4, 0.5) is 0 Å². The maximum atomic E-state index is 6.63. The highest BCUT2D eigenvalue weighted by Crippen LogP contribution is 2.56. The van der Waals surface area contributed by atoms with Crippen molar-refractivity contribution in [1.29, 1.82) is 0 Å². The van der Waals surface area contributed by atoms with E-state index in [1.807, 2.05) is 0 Å². The van der Waals surface area contributed by atoms with Gasteiger partial charge in [0.05, 0.1) is 23.4 Å². The summed E-state index contributed by atoms with van der Waals surface area (Å²) in [6.45, 7) is 4.52. The van der Waals surface area contributed by atoms with E-state index in [2.05, 4.69) is 38.1 Å². The van der Waals surface area contributed by atoms with Gasteiger partial charge in [-0.15, -0.1) is 0 Å². The Labute approximate surface area is 127 Å². The Bertz CT molecular complexity index is 540. The third-order valence-corrected chi connectivity index (χ3v) is 6.22. The lowest BCUT2D eigenvalue weighted by molar-refractivity contribution is -0.115. The van der Waals surface area contributed by atoms with Crippen molar-refractivity contribution in [2.45, 2.75) is 82.2 Å². The summed E-state index contributed by atoms with van der Waals surface area (Å²) >= 11 is 0. The summed E-state index contributed by atoms with van der Waals surface area (Å²) in [4.78, 5) is 0. The Balaban J connectivity index is 1.56. The summed E-state index contributed by atoms with van der Waals surface area (Å²) < 4.78 is 13.2. The van der Waals surface area contributed by atoms with E-state index in [1.54, 1.807) is 0 Å². The number of hydrogen-bond donors (Lipinski definition) is 0. The van der Waals surface area contributed by atoms with Crippen LogP contribution in [0.15, 0.2) is 24.3 Å². The predicted octanol–water partition coefficient (Wildman–Crippen LogP) is 4.57. The van der Waals surface area contributed by atoms with Gasteiger partial charge in [0.25, 0.3) is 0 Å². The Morgan fingerprint density at radius 1 is 1.19 bits per heavy atom. The van der Waals surface area contributed by atoms with Crippen molar-refractivity contribution in [2.24, 2.45) is 0 Å². The van der Waals surface area contributed by atoms with Crippen molar-refractivity contribution in [3.05, 3.63) is 35.4 Å². The topological polar surface area (TPSA) is 18.5 Å². The summed E-state index contributed by atoms with van der Waals surface area (Å²) in [5.41, 5.74) is 2.99. The van der Waals surface area contributed by atoms with E-state index in [0.29, 0.717) is 0 Å². The molecule has 2 saturated heterocycles. The Morgan fingerprint density at radius 3 is 2.86 bits per heavy atom. The molecule has 0 N–H and O–H groups in total. The predicted molar refractivity (Wildman–Crippen MR) is 83.4 cm³/mol. The number of aryl methyl sites for hydroxylation is 1. The van der Waals surface area contributed by atoms with E-state index >= 15 is 0 Å². The molecule has 0 aromatic heterocycles. The second-order valence-electron chi connectivity index (χ2n) is 7.11. The SMILES string of the molecule is CC[C@@]12CC[C@@](CC)(O1)[C@@H](OC1CCc3ccccc31)C2. The van der Waals surface area contributed by atoms with Gasteiger partial charge in [-0.3, -0.25) is 0 Å². The zero-order chi connectivity index (χ0) is 14.5. The second kappa shape index (κ2) is 4.82. The van der Waals surface area contributed by atoms with Gasteiger partial charge >= 0.3 is 0 Å². The van der Waals surface area contributed by atoms with Crippen LogP contribution in [-0.4, -0.2) is 17.3 Å². The highest BCUT2D eigenvalue weighted by Gasteiger charge is 2.60. The molecule has 0 spiro atoms. The first-order valence-electron chi connectivity index (χ1n) is 8.64. The van der Waals surface area contributed by atoms with E-state index in [1.165, 1.54) is 24.0 Å². The quantitative estimate of drug-likeness (QED) is 0.807. The van der Waals surface area contributed by atoms with Crippen molar-refractivity contribution >= 4 is 0 Å². The summed E-state index contributed by atoms with van der Waals surface area (Å²) in [5.74, 6) is 0. The Hall–Kier alpha value is -0.860. The van der Waals surface area contributed by atoms with Crippen molar-refractivity contribution in [1.82, 2.24) is 0 Å². The summed E-state index contributed by atoms with van der Waals surface area (Å²) in [5, 5.41) is 0. The molecule has 2 heteroatoms. The van der Waals surface area contributed by atoms with Crippen LogP contribution in [0.1, 0.15) is 69.6 Å². The lowest BCUT2D eigenvalue weighted by atomic mass is 9.77. The van der Waals surface area contributed by atoms with Gasteiger partial charge in [0.15, 0.2) is 0 Å². The first kappa shape index (κ1) is 13.8. The fraction of sp³-hybridized carbons (Fsp3) is 0.684. The van der Waals surface area contributed by atoms with Crippen LogP contribution in [0.2, 0.25) is 0 Å². The average Bonchev–Trinajstić information content (AvgIpc) is 3.19. The molecule has 21 heavy (non-hydrogen) atoms. The molecule has 2 bridgehead atoms. The molecule has 2 heterocycles. The third kappa shape index (κ3) is 1.99. The second-order valence-corrected chi connectivity index (χ2v) is 7.11. The average molecular weight is 286 g/mol. The first-order chi connectivity index (χ1) is 10.2. The molecule has 4 atom stereocenters. The van der Waals surface area contributed by atoms with Crippen molar-refractivity contribution in [3.8, 4) is 0 Å². The molecule has 4 rings (SSSR count). The number of fused-ring (bicyclic) bond motifs is 3. The fourth-order valence-corrected chi connectivity index (χ4v) is 4.77. The highest BCUT2D eigenvalue weighted by atomic mass is 16.6. The maximum absolute atomic E-state index is 6.63. The van der Waals surface area contributed by atoms with Crippen molar-refractivity contribution in [3.63, 3.8) is 0 Å². The summed E-state index contributed by atoms with van der Waals surface area (Å²) in [6, 6.07) is 8.77. The zero-order valence-electron chi connectivity index (χ0n) is 13.2. The van der Waals surface area contributed by atoms with Crippen LogP contribution >= 0.6 is 0 Å². The van der Waals surface area contributed by atoms with E-state index in [0.717, 1.165) is 32.1 Å². The van der Waals surface area contributed by atoms with E-state index < -0.39 is 0 Å². The van der Waals surface area contributed by atoms with Crippen molar-refractivity contribution < 1.29 is 9.47 Å². The van der Waals surface area contributed by atoms with Gasteiger partial charge < -0.3 is 9.47 Å². The Kier molecular flexibility index (Phi) is 3.16. The van der Waals surface area contributed by atoms with Gasteiger partial charge in [0.2, 0.25) is 0 Å². The van der Waals surface area contributed by atoms with Crippen LogP contribution in [0.3, 0.4) is 0 Å². The lowest BCUT2D eigenvalue weighted by Crippen LogP contribution is -2.40. The van der Waals surface area contributed by atoms with Gasteiger partial charge in [-0.1, -0.05) is 38.1 Å². The molecule has 1 aliphatic carbocycles. The number of ether oxygens (including phenoxy) is 2. The van der Waals surface area contributed by atoms with Crippen LogP contribution in [0.25, 0.3) is 0 Å². The molecule has 0 saturated carbocycles. The fourth-order valence-electron chi connectivity index (χ4n) is 4.77. The minimum Gasteiger partial charge on any atom is -0.367 e. The van der Waals surface area contributed by atoms with Crippen LogP contribution in [-0.2, 0) is 15.9 Å². The highest BCUT2D eigenvalue weighted by molar-refractivity contribution is 5.33. The molecule has 1 aromatic carbocycles. The van der Waals surface area contributed by atoms with Gasteiger partial charge in [-0.2, -0.15) is 0 Å². The monoisotopic (exact) mass is 286 g/mol. The van der Waals surface area contributed by atoms with Crippen LogP contribution in [0, 0.1) is 0 Å². The van der Waals surface area contributed by atoms with Crippen LogP contribution in [0.5, 0.6) is 0 Å². The molecule has 1 aromatic rings. The summed E-state index contributed by atoms with van der Waals surface area (Å²) in [7, 11) is 0. The van der Waals surface area contributed by atoms with Gasteiger partial charge in [-0.25, -0.2) is 0 Å². The Morgan fingerprint density at radius 2 is 2.05 bits per heavy atom. The van der Waals surface area contributed by atoms with E-state index in [-0.39, 0.29) is 23.4 Å². The van der Waals surface area contributed by atoms with Gasteiger partial charge in [-0.05, 0) is 49.7 Å². The minimum atomic E-state index is -0.00641. The molecule has 0 radical (unpaired) electrons. The maximum Gasteiger partial charge on any atom is 0.0950 e. The van der Waals surface area contributed by atoms with Gasteiger partial charge in [0.1, 0.15) is 0 Å². The molecule has 2 nitrogen and oxygen atoms in total. The van der Waals surface area contributed by atoms with E-state index in [4.69, 9.17) is 9.47 Å². The molecular formula is C19H26O2. The summed E-state index contributed by atoms with van der Waals surface area (Å²) in [6.07, 6.45) is 8.55. The normalized spacial score (nSPS) is 40.7. The first-order valence-corrected chi connectivity index (χ1v) is 8.64. The van der Waals surface area contributed by atoms with Crippen LogP contribution < -0.4 is 0 Å². The standard InChI is InChI=1S/C19H26O2/c1-3-18-11-12-19(4-2,21-18)17(13-18)20-16-10-9-14-7-5-6-8-15(14)16/h5-8,16-17H,3-4,9-13H2,1-2H3/t16?,17-,18-,19+/m0/s1. The number of benzene rings is 1. The number of hydrogen-bond acceptors (Lipinski definition) is 2. The molecule has 0 amide bonds. The molecule has 2 aliphatic heterocycles. The molecule has 3 aliphatic rings. The minimum absolute atomic E-state index is 0.00641.